The van der Waals surface area contributed by atoms with E-state index in [2.05, 4.69) is 14.9 Å². The number of phenolic OH excluding ortho intramolecular Hbond substituents is 1. The summed E-state index contributed by atoms with van der Waals surface area (Å²) in [5, 5.41) is 12.6. The number of ether oxygens (including phenoxy) is 1. The summed E-state index contributed by atoms with van der Waals surface area (Å²) >= 11 is 0. The molecule has 0 fully saturated rings. The first-order chi connectivity index (χ1) is 8.61. The molecular weight excluding hydrogens is 243 g/mol. The zero-order valence-electron chi connectivity index (χ0n) is 9.38. The zero-order valence-corrected chi connectivity index (χ0v) is 9.38. The van der Waals surface area contributed by atoms with Gasteiger partial charge in [0.25, 0.3) is 11.7 Å². The number of hydrogen-bond donors (Lipinski definition) is 1. The number of hydrogen-bond acceptors (Lipinski definition) is 6. The summed E-state index contributed by atoms with van der Waals surface area (Å²) < 4.78 is 22.4. The van der Waals surface area contributed by atoms with Crippen LogP contribution in [0.4, 0.5) is 4.39 Å². The van der Waals surface area contributed by atoms with E-state index in [1.165, 1.54) is 6.07 Å². The van der Waals surface area contributed by atoms with Crippen LogP contribution in [0, 0.1) is 5.82 Å². The topological polar surface area (TPSA) is 85.5 Å². The summed E-state index contributed by atoms with van der Waals surface area (Å²) in [4.78, 5) is 15.1. The van der Waals surface area contributed by atoms with E-state index >= 15 is 0 Å². The van der Waals surface area contributed by atoms with Crippen LogP contribution < -0.4 is 0 Å². The second kappa shape index (κ2) is 4.82. The Labute approximate surface area is 101 Å². The molecule has 1 aromatic heterocycles. The molecule has 0 aliphatic heterocycles. The monoisotopic (exact) mass is 252 g/mol. The van der Waals surface area contributed by atoms with Crippen molar-refractivity contribution in [3.8, 4) is 17.2 Å². The number of nitrogens with zero attached hydrogens (tertiary/aromatic N) is 2. The summed E-state index contributed by atoms with van der Waals surface area (Å²) in [6, 6.07) is 3.52. The molecule has 0 aliphatic carbocycles. The molecule has 0 aliphatic rings. The Morgan fingerprint density at radius 3 is 3.00 bits per heavy atom. The van der Waals surface area contributed by atoms with Gasteiger partial charge in [-0.15, -0.1) is 0 Å². The van der Waals surface area contributed by atoms with Crippen molar-refractivity contribution in [3.05, 3.63) is 29.8 Å². The van der Waals surface area contributed by atoms with Crippen LogP contribution >= 0.6 is 0 Å². The quantitative estimate of drug-likeness (QED) is 0.837. The number of aromatic nitrogens is 2. The van der Waals surface area contributed by atoms with Gasteiger partial charge in [-0.1, -0.05) is 0 Å². The van der Waals surface area contributed by atoms with Crippen LogP contribution in [-0.2, 0) is 4.74 Å². The molecule has 7 heteroatoms. The minimum absolute atomic E-state index is 0.00615. The predicted octanol–water partition coefficient (Wildman–Crippen LogP) is 1.76. The van der Waals surface area contributed by atoms with Gasteiger partial charge in [-0.3, -0.25) is 0 Å². The second-order valence-electron chi connectivity index (χ2n) is 3.31. The fraction of sp³-hybridized carbons (Fsp3) is 0.182. The Bertz CT molecular complexity index is 582. The number of phenols is 1. The number of benzene rings is 1. The van der Waals surface area contributed by atoms with Gasteiger partial charge < -0.3 is 14.4 Å². The van der Waals surface area contributed by atoms with Crippen molar-refractivity contribution in [1.82, 2.24) is 10.1 Å². The number of halogens is 1. The summed E-state index contributed by atoms with van der Waals surface area (Å²) in [6.45, 7) is 1.84. The molecule has 94 valence electrons. The van der Waals surface area contributed by atoms with E-state index in [0.717, 1.165) is 12.1 Å². The minimum atomic E-state index is -0.760. The van der Waals surface area contributed by atoms with Crippen LogP contribution in [0.1, 0.15) is 17.5 Å². The van der Waals surface area contributed by atoms with Crippen molar-refractivity contribution in [3.63, 3.8) is 0 Å². The lowest BCUT2D eigenvalue weighted by Crippen LogP contribution is -2.06. The van der Waals surface area contributed by atoms with Gasteiger partial charge in [-0.25, -0.2) is 9.18 Å². The van der Waals surface area contributed by atoms with Crippen molar-refractivity contribution in [2.45, 2.75) is 6.92 Å². The van der Waals surface area contributed by atoms with E-state index in [0.29, 0.717) is 5.56 Å². The number of carbonyl (C=O) groups is 1. The fourth-order valence-corrected chi connectivity index (χ4v) is 1.26. The van der Waals surface area contributed by atoms with E-state index in [1.54, 1.807) is 6.92 Å². The minimum Gasteiger partial charge on any atom is -0.505 e. The lowest BCUT2D eigenvalue weighted by atomic mass is 10.2. The van der Waals surface area contributed by atoms with Gasteiger partial charge in [0.05, 0.1) is 6.61 Å². The van der Waals surface area contributed by atoms with E-state index in [-0.39, 0.29) is 18.3 Å². The van der Waals surface area contributed by atoms with Gasteiger partial charge in [0.15, 0.2) is 11.6 Å². The smallest absolute Gasteiger partial charge is 0.379 e. The van der Waals surface area contributed by atoms with E-state index < -0.39 is 17.5 Å². The molecule has 18 heavy (non-hydrogen) atoms. The zero-order chi connectivity index (χ0) is 13.1. The number of rotatable bonds is 3. The third kappa shape index (κ3) is 2.29. The average molecular weight is 252 g/mol. The van der Waals surface area contributed by atoms with Crippen LogP contribution in [0.3, 0.4) is 0 Å². The Hall–Kier alpha value is -2.44. The van der Waals surface area contributed by atoms with E-state index in [9.17, 15) is 14.3 Å². The highest BCUT2D eigenvalue weighted by Gasteiger charge is 2.17. The van der Waals surface area contributed by atoms with Gasteiger partial charge in [-0.05, 0) is 30.3 Å². The maximum absolute atomic E-state index is 12.9. The highest BCUT2D eigenvalue weighted by molar-refractivity contribution is 5.85. The second-order valence-corrected chi connectivity index (χ2v) is 3.31. The normalized spacial score (nSPS) is 10.3. The molecule has 2 rings (SSSR count). The maximum atomic E-state index is 12.9. The first-order valence-corrected chi connectivity index (χ1v) is 5.11. The number of aromatic hydroxyl groups is 1. The highest BCUT2D eigenvalue weighted by Crippen LogP contribution is 2.24. The molecule has 0 amide bonds. The molecule has 0 spiro atoms. The van der Waals surface area contributed by atoms with Gasteiger partial charge in [-0.2, -0.15) is 4.98 Å². The Balaban J connectivity index is 2.29. The van der Waals surface area contributed by atoms with Gasteiger partial charge in [0.2, 0.25) is 0 Å². The molecule has 0 saturated heterocycles. The first kappa shape index (κ1) is 12.0. The SMILES string of the molecule is CCOC(=O)c1noc(-c2ccc(F)c(O)c2)n1. The summed E-state index contributed by atoms with van der Waals surface area (Å²) in [6.07, 6.45) is 0. The standard InChI is InChI=1S/C11H9FN2O4/c1-2-17-11(16)9-13-10(18-14-9)6-3-4-7(12)8(15)5-6/h3-5,15H,2H2,1H3. The van der Waals surface area contributed by atoms with Crippen molar-refractivity contribution in [1.29, 1.82) is 0 Å². The summed E-state index contributed by atoms with van der Waals surface area (Å²) in [5.41, 5.74) is 0.303. The average Bonchev–Trinajstić information content (AvgIpc) is 2.82. The van der Waals surface area contributed by atoms with Crippen LogP contribution in [0.25, 0.3) is 11.5 Å². The molecule has 6 nitrogen and oxygen atoms in total. The lowest BCUT2D eigenvalue weighted by molar-refractivity contribution is 0.0508. The van der Waals surface area contributed by atoms with Crippen molar-refractivity contribution >= 4 is 5.97 Å². The molecule has 0 bridgehead atoms. The largest absolute Gasteiger partial charge is 0.505 e. The summed E-state index contributed by atoms with van der Waals surface area (Å²) in [7, 11) is 0. The highest BCUT2D eigenvalue weighted by atomic mass is 19.1. The molecule has 0 saturated carbocycles. The van der Waals surface area contributed by atoms with Crippen LogP contribution in [0.15, 0.2) is 22.7 Å². The molecule has 1 N–H and O–H groups in total. The van der Waals surface area contributed by atoms with Crippen molar-refractivity contribution in [2.75, 3.05) is 6.61 Å². The van der Waals surface area contributed by atoms with Crippen molar-refractivity contribution < 1.29 is 23.6 Å². The lowest BCUT2D eigenvalue weighted by Gasteiger charge is -1.97. The van der Waals surface area contributed by atoms with Gasteiger partial charge in [0, 0.05) is 5.56 Å². The first-order valence-electron chi connectivity index (χ1n) is 5.11. The van der Waals surface area contributed by atoms with E-state index in [4.69, 9.17) is 4.52 Å². The van der Waals surface area contributed by atoms with E-state index in [1.807, 2.05) is 0 Å². The predicted molar refractivity (Wildman–Crippen MR) is 57.3 cm³/mol. The molecule has 1 aromatic carbocycles. The van der Waals surface area contributed by atoms with Gasteiger partial charge in [0.1, 0.15) is 0 Å². The third-order valence-electron chi connectivity index (χ3n) is 2.08. The molecule has 1 heterocycles. The van der Waals surface area contributed by atoms with Gasteiger partial charge >= 0.3 is 5.97 Å². The Morgan fingerprint density at radius 1 is 1.56 bits per heavy atom. The Morgan fingerprint density at radius 2 is 2.33 bits per heavy atom. The number of esters is 1. The molecule has 0 atom stereocenters. The van der Waals surface area contributed by atoms with Crippen LogP contribution in [-0.4, -0.2) is 27.8 Å². The van der Waals surface area contributed by atoms with Crippen LogP contribution in [0.2, 0.25) is 0 Å². The fourth-order valence-electron chi connectivity index (χ4n) is 1.26. The molecule has 0 radical (unpaired) electrons. The Kier molecular flexibility index (Phi) is 3.22. The molecule has 2 aromatic rings. The van der Waals surface area contributed by atoms with Crippen molar-refractivity contribution in [2.24, 2.45) is 0 Å². The summed E-state index contributed by atoms with van der Waals surface area (Å²) in [5.74, 6) is -2.24. The number of carbonyl (C=O) groups excluding carboxylic acids is 1. The molecular formula is C11H9FN2O4. The van der Waals surface area contributed by atoms with Crippen LogP contribution in [0.5, 0.6) is 5.75 Å². The molecule has 0 unspecified atom stereocenters. The third-order valence-corrected chi connectivity index (χ3v) is 2.08. The maximum Gasteiger partial charge on any atom is 0.379 e.